The molecular formula is C19H28ClN5O2. The van der Waals surface area contributed by atoms with Crippen LogP contribution in [0.3, 0.4) is 0 Å². The van der Waals surface area contributed by atoms with Crippen molar-refractivity contribution in [1.29, 1.82) is 0 Å². The topological polar surface area (TPSA) is 99.5 Å². The first kappa shape index (κ1) is 20.1. The molecule has 2 aliphatic rings. The number of benzene rings is 1. The second kappa shape index (κ2) is 9.50. The van der Waals surface area contributed by atoms with E-state index in [1.54, 1.807) is 0 Å². The summed E-state index contributed by atoms with van der Waals surface area (Å²) in [5.41, 5.74) is 12.9. The molecule has 1 aromatic rings. The molecule has 27 heavy (non-hydrogen) atoms. The normalized spacial score (nSPS) is 25.4. The lowest BCUT2D eigenvalue weighted by Gasteiger charge is -2.37. The molecule has 2 amide bonds. The smallest absolute Gasteiger partial charge is 0.241 e. The third-order valence-corrected chi connectivity index (χ3v) is 5.54. The Morgan fingerprint density at radius 1 is 1.22 bits per heavy atom. The number of likely N-dealkylation sites (tertiary alicyclic amines) is 1. The number of amides is 2. The lowest BCUT2D eigenvalue weighted by atomic mass is 9.98. The van der Waals surface area contributed by atoms with E-state index in [-0.39, 0.29) is 29.9 Å². The summed E-state index contributed by atoms with van der Waals surface area (Å²) < 4.78 is 0. The molecule has 0 saturated carbocycles. The monoisotopic (exact) mass is 393 g/mol. The van der Waals surface area contributed by atoms with E-state index >= 15 is 0 Å². The predicted octanol–water partition coefficient (Wildman–Crippen LogP) is 1.09. The summed E-state index contributed by atoms with van der Waals surface area (Å²) in [4.78, 5) is 26.7. The Balaban J connectivity index is 1.58. The zero-order valence-corrected chi connectivity index (χ0v) is 16.2. The number of halogens is 1. The van der Waals surface area contributed by atoms with Crippen molar-refractivity contribution in [2.75, 3.05) is 19.6 Å². The second-order valence-electron chi connectivity index (χ2n) is 7.21. The standard InChI is InChI=1S/C19H28ClN5O2/c20-14-6-4-13(5-7-14)16-11-17(24-23-16)19(27)25-10-2-1-3-15(25)12-22-18(26)8-9-21/h4-7,15-17,23-24H,1-3,8-12,21H2,(H,22,26). The van der Waals surface area contributed by atoms with Gasteiger partial charge < -0.3 is 16.0 Å². The lowest BCUT2D eigenvalue weighted by Crippen LogP contribution is -2.54. The molecule has 3 atom stereocenters. The summed E-state index contributed by atoms with van der Waals surface area (Å²) in [6.45, 7) is 1.56. The molecule has 0 aliphatic carbocycles. The predicted molar refractivity (Wildman–Crippen MR) is 105 cm³/mol. The molecule has 2 aliphatic heterocycles. The number of nitrogens with two attached hydrogens (primary N) is 1. The van der Waals surface area contributed by atoms with Crippen molar-refractivity contribution in [3.8, 4) is 0 Å². The first-order chi connectivity index (χ1) is 13.1. The van der Waals surface area contributed by atoms with Crippen LogP contribution in [-0.4, -0.2) is 48.4 Å². The molecule has 7 nitrogen and oxygen atoms in total. The van der Waals surface area contributed by atoms with E-state index in [2.05, 4.69) is 16.2 Å². The number of nitrogens with zero attached hydrogens (tertiary/aromatic N) is 1. The highest BCUT2D eigenvalue weighted by molar-refractivity contribution is 6.30. The van der Waals surface area contributed by atoms with Gasteiger partial charge in [0.2, 0.25) is 11.8 Å². The Kier molecular flexibility index (Phi) is 7.07. The van der Waals surface area contributed by atoms with Gasteiger partial charge in [-0.05, 0) is 43.4 Å². The van der Waals surface area contributed by atoms with Crippen LogP contribution >= 0.6 is 11.6 Å². The van der Waals surface area contributed by atoms with Gasteiger partial charge in [-0.15, -0.1) is 0 Å². The van der Waals surface area contributed by atoms with Gasteiger partial charge in [0.25, 0.3) is 0 Å². The Morgan fingerprint density at radius 2 is 2.00 bits per heavy atom. The van der Waals surface area contributed by atoms with Crippen LogP contribution in [-0.2, 0) is 9.59 Å². The number of carbonyl (C=O) groups excluding carboxylic acids is 2. The van der Waals surface area contributed by atoms with E-state index in [9.17, 15) is 9.59 Å². The molecule has 1 aromatic carbocycles. The molecular weight excluding hydrogens is 366 g/mol. The van der Waals surface area contributed by atoms with Crippen LogP contribution in [0, 0.1) is 0 Å². The van der Waals surface area contributed by atoms with Crippen molar-refractivity contribution in [2.45, 2.75) is 50.2 Å². The highest BCUT2D eigenvalue weighted by Gasteiger charge is 2.36. The van der Waals surface area contributed by atoms with Crippen molar-refractivity contribution >= 4 is 23.4 Å². The average Bonchev–Trinajstić information content (AvgIpc) is 3.17. The zero-order chi connectivity index (χ0) is 19.2. The van der Waals surface area contributed by atoms with Gasteiger partial charge in [-0.1, -0.05) is 23.7 Å². The van der Waals surface area contributed by atoms with Gasteiger partial charge in [-0.2, -0.15) is 0 Å². The molecule has 2 heterocycles. The van der Waals surface area contributed by atoms with Gasteiger partial charge in [-0.25, -0.2) is 10.9 Å². The number of hydrogen-bond acceptors (Lipinski definition) is 5. The van der Waals surface area contributed by atoms with Gasteiger partial charge in [0.05, 0.1) is 0 Å². The Hall–Kier alpha value is -1.67. The van der Waals surface area contributed by atoms with E-state index < -0.39 is 0 Å². The Labute approximate surface area is 165 Å². The highest BCUT2D eigenvalue weighted by Crippen LogP contribution is 2.26. The molecule has 2 fully saturated rings. The Morgan fingerprint density at radius 3 is 2.74 bits per heavy atom. The number of hydrazine groups is 1. The third-order valence-electron chi connectivity index (χ3n) is 5.29. The summed E-state index contributed by atoms with van der Waals surface area (Å²) in [6, 6.07) is 7.52. The zero-order valence-electron chi connectivity index (χ0n) is 15.4. The molecule has 0 aromatic heterocycles. The number of hydrogen-bond donors (Lipinski definition) is 4. The first-order valence-corrected chi connectivity index (χ1v) is 10.00. The molecule has 0 spiro atoms. The minimum Gasteiger partial charge on any atom is -0.354 e. The second-order valence-corrected chi connectivity index (χ2v) is 7.64. The fourth-order valence-electron chi connectivity index (χ4n) is 3.79. The van der Waals surface area contributed by atoms with Crippen LogP contribution in [0.2, 0.25) is 5.02 Å². The van der Waals surface area contributed by atoms with Gasteiger partial charge >= 0.3 is 0 Å². The number of piperidine rings is 1. The van der Waals surface area contributed by atoms with Crippen LogP contribution in [0.1, 0.15) is 43.7 Å². The molecule has 0 bridgehead atoms. The van der Waals surface area contributed by atoms with Crippen LogP contribution < -0.4 is 21.9 Å². The number of nitrogens with one attached hydrogen (secondary N) is 3. The highest BCUT2D eigenvalue weighted by atomic mass is 35.5. The maximum absolute atomic E-state index is 13.1. The fraction of sp³-hybridized carbons (Fsp3) is 0.579. The molecule has 148 valence electrons. The molecule has 3 unspecified atom stereocenters. The summed E-state index contributed by atoms with van der Waals surface area (Å²) in [5.74, 6) is 0.0377. The first-order valence-electron chi connectivity index (χ1n) is 9.62. The van der Waals surface area contributed by atoms with Crippen molar-refractivity contribution in [2.24, 2.45) is 5.73 Å². The average molecular weight is 394 g/mol. The van der Waals surface area contributed by atoms with Crippen molar-refractivity contribution in [3.63, 3.8) is 0 Å². The van der Waals surface area contributed by atoms with E-state index in [4.69, 9.17) is 17.3 Å². The van der Waals surface area contributed by atoms with E-state index in [1.165, 1.54) is 0 Å². The lowest BCUT2D eigenvalue weighted by molar-refractivity contribution is -0.137. The van der Waals surface area contributed by atoms with Gasteiger partial charge in [0.1, 0.15) is 6.04 Å². The van der Waals surface area contributed by atoms with E-state index in [0.29, 0.717) is 31.0 Å². The molecule has 5 N–H and O–H groups in total. The SMILES string of the molecule is NCCC(=O)NCC1CCCCN1C(=O)C1CC(c2ccc(Cl)cc2)NN1. The van der Waals surface area contributed by atoms with Crippen molar-refractivity contribution in [3.05, 3.63) is 34.9 Å². The van der Waals surface area contributed by atoms with Crippen LogP contribution in [0.4, 0.5) is 0 Å². The largest absolute Gasteiger partial charge is 0.354 e. The third kappa shape index (κ3) is 5.19. The Bertz CT molecular complexity index is 654. The quantitative estimate of drug-likeness (QED) is 0.580. The fourth-order valence-corrected chi connectivity index (χ4v) is 3.91. The molecule has 8 heteroatoms. The summed E-state index contributed by atoms with van der Waals surface area (Å²) in [7, 11) is 0. The summed E-state index contributed by atoms with van der Waals surface area (Å²) in [5, 5.41) is 3.61. The van der Waals surface area contributed by atoms with Crippen LogP contribution in [0.25, 0.3) is 0 Å². The van der Waals surface area contributed by atoms with E-state index in [0.717, 1.165) is 31.4 Å². The number of rotatable bonds is 6. The van der Waals surface area contributed by atoms with Crippen LogP contribution in [0.15, 0.2) is 24.3 Å². The maximum Gasteiger partial charge on any atom is 0.241 e. The molecule has 2 saturated heterocycles. The number of carbonyl (C=O) groups is 2. The molecule has 0 radical (unpaired) electrons. The van der Waals surface area contributed by atoms with Crippen molar-refractivity contribution < 1.29 is 9.59 Å². The minimum atomic E-state index is -0.272. The van der Waals surface area contributed by atoms with E-state index in [1.807, 2.05) is 29.2 Å². The maximum atomic E-state index is 13.1. The summed E-state index contributed by atoms with van der Waals surface area (Å²) >= 11 is 5.95. The van der Waals surface area contributed by atoms with Gasteiger partial charge in [0, 0.05) is 43.2 Å². The molecule has 3 rings (SSSR count). The van der Waals surface area contributed by atoms with Gasteiger partial charge in [-0.3, -0.25) is 9.59 Å². The van der Waals surface area contributed by atoms with Crippen molar-refractivity contribution in [1.82, 2.24) is 21.1 Å². The minimum absolute atomic E-state index is 0.0457. The van der Waals surface area contributed by atoms with Crippen LogP contribution in [0.5, 0.6) is 0 Å². The van der Waals surface area contributed by atoms with Gasteiger partial charge in [0.15, 0.2) is 0 Å². The summed E-state index contributed by atoms with van der Waals surface area (Å²) in [6.07, 6.45) is 3.99.